The van der Waals surface area contributed by atoms with Crippen LogP contribution in [-0.4, -0.2) is 95.0 Å². The van der Waals surface area contributed by atoms with Gasteiger partial charge in [-0.3, -0.25) is 27.7 Å². The highest BCUT2D eigenvalue weighted by atomic mass is 31.2. The molecule has 0 aliphatic heterocycles. The third-order valence-electron chi connectivity index (χ3n) is 10.1. The number of ether oxygens (including phenoxy) is 2. The van der Waals surface area contributed by atoms with E-state index in [-0.39, 0.29) is 12.8 Å². The maximum atomic E-state index is 12.2. The number of carbonyl (C=O) groups is 2. The van der Waals surface area contributed by atoms with Crippen LogP contribution in [-0.2, 0) is 46.3 Å². The van der Waals surface area contributed by atoms with Crippen molar-refractivity contribution in [1.29, 1.82) is 0 Å². The Morgan fingerprint density at radius 3 is 0.956 bits per heavy atom. The summed E-state index contributed by atoms with van der Waals surface area (Å²) in [7, 11) is -9.59. The molecule has 0 saturated heterocycles. The molecule has 0 aliphatic rings. The third kappa shape index (κ3) is 48.5. The van der Waals surface area contributed by atoms with Gasteiger partial charge < -0.3 is 34.6 Å². The van der Waals surface area contributed by atoms with E-state index in [0.717, 1.165) is 83.5 Å². The third-order valence-corrected chi connectivity index (χ3v) is 12.0. The standard InChI is InChI=1S/C51H90O15P2/c1-3-5-7-9-11-13-15-17-19-21-22-24-26-28-30-32-34-36-38-40-51(56)62-42-48(53)44-64-68(59,60)66-46-49(54)45-65-67(57,58)63-43-47(52)41-61-50(55)39-37-35-33-31-29-27-25-23-20-18-16-14-12-10-8-6-4-2/h11-14,17-20,22,24,28,30,47-49,52-54H,3-10,15-16,21,23,25-27,29,31-46H2,1-2H3,(H,57,58)(H,59,60)/b13-11-,14-12-,19-17-,20-18-,24-22-,30-28-. The number of aliphatic hydroxyl groups excluding tert-OH is 3. The van der Waals surface area contributed by atoms with Crippen LogP contribution in [0.25, 0.3) is 0 Å². The number of hydrogen-bond donors (Lipinski definition) is 5. The van der Waals surface area contributed by atoms with Crippen LogP contribution in [0.2, 0.25) is 0 Å². The Morgan fingerprint density at radius 1 is 0.382 bits per heavy atom. The van der Waals surface area contributed by atoms with Gasteiger partial charge in [0.1, 0.15) is 31.5 Å². The minimum Gasteiger partial charge on any atom is -0.463 e. The van der Waals surface area contributed by atoms with Gasteiger partial charge in [-0.2, -0.15) is 0 Å². The normalized spacial score (nSPS) is 15.6. The van der Waals surface area contributed by atoms with Gasteiger partial charge in [0, 0.05) is 12.8 Å². The molecule has 5 N–H and O–H groups in total. The molecular formula is C51H90O15P2. The van der Waals surface area contributed by atoms with E-state index in [0.29, 0.717) is 12.8 Å². The van der Waals surface area contributed by atoms with Crippen molar-refractivity contribution in [2.45, 2.75) is 199 Å². The van der Waals surface area contributed by atoms with Crippen molar-refractivity contribution >= 4 is 27.6 Å². The second kappa shape index (κ2) is 46.8. The first-order chi connectivity index (χ1) is 32.8. The van der Waals surface area contributed by atoms with Crippen LogP contribution < -0.4 is 0 Å². The SMILES string of the molecule is CCCCC/C=C\C/C=C\C/C=C\C/C=C\CCCCCC(=O)OCC(O)COP(=O)(O)OCC(O)COP(=O)(O)OCC(O)COC(=O)CCCCCCCCC/C=C\C/C=C\CCCCC. The minimum absolute atomic E-state index is 0.156. The van der Waals surface area contributed by atoms with Gasteiger partial charge in [-0.15, -0.1) is 0 Å². The van der Waals surface area contributed by atoms with Gasteiger partial charge in [0.15, 0.2) is 0 Å². The number of allylic oxidation sites excluding steroid dienone is 12. The summed E-state index contributed by atoms with van der Waals surface area (Å²) < 4.78 is 53.0. The smallest absolute Gasteiger partial charge is 0.463 e. The fourth-order valence-corrected chi connectivity index (χ4v) is 7.76. The van der Waals surface area contributed by atoms with Gasteiger partial charge in [-0.25, -0.2) is 9.13 Å². The Kier molecular flexibility index (Phi) is 45.1. The summed E-state index contributed by atoms with van der Waals surface area (Å²) in [5.41, 5.74) is 0. The van der Waals surface area contributed by atoms with Crippen LogP contribution in [0.15, 0.2) is 72.9 Å². The molecule has 68 heavy (non-hydrogen) atoms. The average molecular weight is 1010 g/mol. The molecule has 0 radical (unpaired) electrons. The predicted octanol–water partition coefficient (Wildman–Crippen LogP) is 11.9. The molecule has 5 atom stereocenters. The number of hydrogen-bond acceptors (Lipinski definition) is 13. The summed E-state index contributed by atoms with van der Waals surface area (Å²) in [6.07, 6.45) is 47.4. The average Bonchev–Trinajstić information content (AvgIpc) is 3.31. The molecule has 0 aromatic rings. The summed E-state index contributed by atoms with van der Waals surface area (Å²) in [4.78, 5) is 43.8. The summed E-state index contributed by atoms with van der Waals surface area (Å²) >= 11 is 0. The number of phosphoric ester groups is 2. The molecule has 0 spiro atoms. The molecule has 0 amide bonds. The number of unbranched alkanes of at least 4 members (excludes halogenated alkanes) is 16. The summed E-state index contributed by atoms with van der Waals surface area (Å²) in [5, 5.41) is 30.1. The zero-order valence-electron chi connectivity index (χ0n) is 41.5. The molecule has 0 aromatic carbocycles. The van der Waals surface area contributed by atoms with Crippen LogP contribution in [0, 0.1) is 0 Å². The monoisotopic (exact) mass is 1000 g/mol. The molecule has 394 valence electrons. The quantitative estimate of drug-likeness (QED) is 0.0165. The summed E-state index contributed by atoms with van der Waals surface area (Å²) in [5.74, 6) is -1.03. The van der Waals surface area contributed by atoms with Crippen LogP contribution >= 0.6 is 15.6 Å². The van der Waals surface area contributed by atoms with Crippen molar-refractivity contribution in [2.24, 2.45) is 0 Å². The molecule has 15 nitrogen and oxygen atoms in total. The van der Waals surface area contributed by atoms with Crippen molar-refractivity contribution in [2.75, 3.05) is 39.6 Å². The maximum absolute atomic E-state index is 12.2. The van der Waals surface area contributed by atoms with Gasteiger partial charge in [-0.05, 0) is 89.9 Å². The van der Waals surface area contributed by atoms with Crippen molar-refractivity contribution in [3.05, 3.63) is 72.9 Å². The van der Waals surface area contributed by atoms with Crippen molar-refractivity contribution in [3.63, 3.8) is 0 Å². The first-order valence-electron chi connectivity index (χ1n) is 25.3. The van der Waals surface area contributed by atoms with Crippen molar-refractivity contribution in [1.82, 2.24) is 0 Å². The molecule has 17 heteroatoms. The molecule has 0 aromatic heterocycles. The van der Waals surface area contributed by atoms with E-state index in [4.69, 9.17) is 9.47 Å². The minimum atomic E-state index is -4.80. The number of esters is 2. The largest absolute Gasteiger partial charge is 0.472 e. The van der Waals surface area contributed by atoms with Crippen molar-refractivity contribution < 1.29 is 71.4 Å². The summed E-state index contributed by atoms with van der Waals surface area (Å²) in [6.45, 7) is 0.315. The van der Waals surface area contributed by atoms with E-state index in [1.807, 2.05) is 0 Å². The Balaban J connectivity index is 3.93. The van der Waals surface area contributed by atoms with E-state index in [1.165, 1.54) is 57.8 Å². The number of phosphoric acid groups is 2. The topological polar surface area (TPSA) is 225 Å². The lowest BCUT2D eigenvalue weighted by Crippen LogP contribution is -2.25. The fourth-order valence-electron chi connectivity index (χ4n) is 6.17. The van der Waals surface area contributed by atoms with Gasteiger partial charge in [-0.1, -0.05) is 151 Å². The Labute approximate surface area is 409 Å². The molecule has 0 aliphatic carbocycles. The van der Waals surface area contributed by atoms with Gasteiger partial charge in [0.2, 0.25) is 0 Å². The molecule has 0 saturated carbocycles. The number of rotatable bonds is 48. The highest BCUT2D eigenvalue weighted by molar-refractivity contribution is 7.47. The van der Waals surface area contributed by atoms with Gasteiger partial charge >= 0.3 is 27.6 Å². The summed E-state index contributed by atoms with van der Waals surface area (Å²) in [6, 6.07) is 0. The van der Waals surface area contributed by atoms with E-state index in [9.17, 15) is 43.8 Å². The first-order valence-corrected chi connectivity index (χ1v) is 28.3. The fraction of sp³-hybridized carbons (Fsp3) is 0.725. The molecular weight excluding hydrogens is 914 g/mol. The van der Waals surface area contributed by atoms with E-state index < -0.39 is 85.5 Å². The second-order valence-electron chi connectivity index (χ2n) is 16.8. The molecule has 0 fully saturated rings. The van der Waals surface area contributed by atoms with Crippen LogP contribution in [0.3, 0.4) is 0 Å². The Bertz CT molecular complexity index is 1500. The number of aliphatic hydroxyl groups is 3. The van der Waals surface area contributed by atoms with E-state index in [2.05, 4.69) is 105 Å². The zero-order valence-corrected chi connectivity index (χ0v) is 43.3. The maximum Gasteiger partial charge on any atom is 0.472 e. The van der Waals surface area contributed by atoms with E-state index in [1.54, 1.807) is 0 Å². The molecule has 5 unspecified atom stereocenters. The lowest BCUT2D eigenvalue weighted by Gasteiger charge is -2.19. The number of carbonyl (C=O) groups excluding carboxylic acids is 2. The molecule has 0 heterocycles. The van der Waals surface area contributed by atoms with Crippen molar-refractivity contribution in [3.8, 4) is 0 Å². The van der Waals surface area contributed by atoms with Crippen LogP contribution in [0.4, 0.5) is 0 Å². The lowest BCUT2D eigenvalue weighted by molar-refractivity contribution is -0.148. The predicted molar refractivity (Wildman–Crippen MR) is 270 cm³/mol. The van der Waals surface area contributed by atoms with Gasteiger partial charge in [0.25, 0.3) is 0 Å². The van der Waals surface area contributed by atoms with Crippen LogP contribution in [0.1, 0.15) is 181 Å². The highest BCUT2D eigenvalue weighted by Gasteiger charge is 2.28. The second-order valence-corrected chi connectivity index (χ2v) is 19.7. The zero-order chi connectivity index (χ0) is 50.2. The highest BCUT2D eigenvalue weighted by Crippen LogP contribution is 2.45. The molecule has 0 rings (SSSR count). The first kappa shape index (κ1) is 65.5. The Morgan fingerprint density at radius 2 is 0.632 bits per heavy atom. The van der Waals surface area contributed by atoms with E-state index >= 15 is 0 Å². The molecule has 0 bridgehead atoms. The Hall–Kier alpha value is -2.52. The van der Waals surface area contributed by atoms with Gasteiger partial charge in [0.05, 0.1) is 26.4 Å². The van der Waals surface area contributed by atoms with Crippen LogP contribution in [0.5, 0.6) is 0 Å². The lowest BCUT2D eigenvalue weighted by atomic mass is 10.1.